The second kappa shape index (κ2) is 3.53. The molecule has 2 rings (SSSR count). The van der Waals surface area contributed by atoms with Gasteiger partial charge in [-0.25, -0.2) is 0 Å². The van der Waals surface area contributed by atoms with Crippen LogP contribution in [0, 0.1) is 0 Å². The Morgan fingerprint density at radius 1 is 1.12 bits per heavy atom. The summed E-state index contributed by atoms with van der Waals surface area (Å²) in [6, 6.07) is 1.34. The van der Waals surface area contributed by atoms with Crippen molar-refractivity contribution in [1.82, 2.24) is 0 Å². The number of aromatic hydroxyl groups is 2. The molecule has 0 aliphatic heterocycles. The minimum atomic E-state index is -4.62. The van der Waals surface area contributed by atoms with Gasteiger partial charge in [-0.05, 0) is 30.5 Å². The van der Waals surface area contributed by atoms with Crippen molar-refractivity contribution in [2.24, 2.45) is 0 Å². The van der Waals surface area contributed by atoms with E-state index in [4.69, 9.17) is 5.11 Å². The van der Waals surface area contributed by atoms with Crippen LogP contribution in [0.3, 0.4) is 0 Å². The Morgan fingerprint density at radius 2 is 1.65 bits per heavy atom. The average molecular weight is 248 g/mol. The third-order valence-electron chi connectivity index (χ3n) is 2.85. The molecule has 1 aliphatic carbocycles. The number of rotatable bonds is 2. The zero-order valence-electron chi connectivity index (χ0n) is 8.75. The number of hydrogen-bond acceptors (Lipinski definition) is 3. The van der Waals surface area contributed by atoms with Crippen molar-refractivity contribution in [2.45, 2.75) is 31.0 Å². The van der Waals surface area contributed by atoms with Crippen molar-refractivity contribution in [3.63, 3.8) is 0 Å². The van der Waals surface area contributed by atoms with E-state index >= 15 is 0 Å². The molecule has 1 aliphatic rings. The van der Waals surface area contributed by atoms with Crippen LogP contribution in [-0.4, -0.2) is 20.9 Å². The molecule has 94 valence electrons. The third-order valence-corrected chi connectivity index (χ3v) is 2.85. The van der Waals surface area contributed by atoms with Crippen LogP contribution in [0.1, 0.15) is 24.0 Å². The highest BCUT2D eigenvalue weighted by atomic mass is 19.4. The zero-order chi connectivity index (χ0) is 12.8. The Kier molecular flexibility index (Phi) is 2.50. The molecule has 0 heterocycles. The predicted octanol–water partition coefficient (Wildman–Crippen LogP) is 2.18. The second-order valence-corrected chi connectivity index (χ2v) is 4.40. The highest BCUT2D eigenvalue weighted by Gasteiger charge is 2.43. The number of phenols is 2. The molecule has 0 spiro atoms. The number of hydrogen-bond donors (Lipinski definition) is 3. The van der Waals surface area contributed by atoms with Crippen LogP contribution in [0.25, 0.3) is 0 Å². The summed E-state index contributed by atoms with van der Waals surface area (Å²) >= 11 is 0. The van der Waals surface area contributed by atoms with Gasteiger partial charge in [-0.3, -0.25) is 0 Å². The molecule has 3 N–H and O–H groups in total. The monoisotopic (exact) mass is 248 g/mol. The van der Waals surface area contributed by atoms with Crippen LogP contribution in [0.2, 0.25) is 0 Å². The van der Waals surface area contributed by atoms with Gasteiger partial charge in [-0.15, -0.1) is 0 Å². The zero-order valence-corrected chi connectivity index (χ0v) is 8.75. The van der Waals surface area contributed by atoms with E-state index in [-0.39, 0.29) is 12.0 Å². The summed E-state index contributed by atoms with van der Waals surface area (Å²) in [7, 11) is 0. The van der Waals surface area contributed by atoms with E-state index in [1.54, 1.807) is 0 Å². The minimum absolute atomic E-state index is 0.171. The van der Waals surface area contributed by atoms with Gasteiger partial charge in [-0.2, -0.15) is 13.2 Å². The van der Waals surface area contributed by atoms with Crippen molar-refractivity contribution >= 4 is 0 Å². The maximum atomic E-state index is 12.7. The number of alkyl halides is 3. The van der Waals surface area contributed by atoms with Crippen molar-refractivity contribution < 1.29 is 28.5 Å². The first-order valence-corrected chi connectivity index (χ1v) is 5.06. The Balaban J connectivity index is 2.44. The van der Waals surface area contributed by atoms with E-state index in [0.717, 1.165) is 6.07 Å². The topological polar surface area (TPSA) is 60.7 Å². The number of phenolic OH excluding ortho intramolecular Hbond substituents is 2. The predicted molar refractivity (Wildman–Crippen MR) is 52.7 cm³/mol. The van der Waals surface area contributed by atoms with Gasteiger partial charge in [0.2, 0.25) is 0 Å². The lowest BCUT2D eigenvalue weighted by atomic mass is 9.99. The Labute approximate surface area is 95.1 Å². The minimum Gasteiger partial charge on any atom is -0.504 e. The molecule has 1 aromatic rings. The molecule has 6 heteroatoms. The first-order chi connectivity index (χ1) is 7.71. The fourth-order valence-electron chi connectivity index (χ4n) is 1.71. The van der Waals surface area contributed by atoms with Gasteiger partial charge in [0.1, 0.15) is 0 Å². The molecule has 0 bridgehead atoms. The lowest BCUT2D eigenvalue weighted by Gasteiger charge is -2.16. The van der Waals surface area contributed by atoms with Gasteiger partial charge in [0.25, 0.3) is 0 Å². The summed E-state index contributed by atoms with van der Waals surface area (Å²) in [6.45, 7) is 0. The number of benzene rings is 1. The highest BCUT2D eigenvalue weighted by molar-refractivity contribution is 5.47. The third kappa shape index (κ3) is 2.46. The number of aliphatic hydroxyl groups is 1. The van der Waals surface area contributed by atoms with Crippen LogP contribution >= 0.6 is 0 Å². The van der Waals surface area contributed by atoms with Crippen molar-refractivity contribution in [3.05, 3.63) is 23.3 Å². The van der Waals surface area contributed by atoms with Gasteiger partial charge in [0.15, 0.2) is 11.5 Å². The van der Waals surface area contributed by atoms with E-state index in [0.29, 0.717) is 18.9 Å². The standard InChI is InChI=1S/C11H11F3O3/c12-11(13,14)7-4-9(16)8(15)3-6(7)5-10(17)1-2-10/h3-4,15-17H,1-2,5H2. The van der Waals surface area contributed by atoms with Crippen LogP contribution < -0.4 is 0 Å². The van der Waals surface area contributed by atoms with Crippen molar-refractivity contribution in [3.8, 4) is 11.5 Å². The fourth-order valence-corrected chi connectivity index (χ4v) is 1.71. The van der Waals surface area contributed by atoms with Gasteiger partial charge >= 0.3 is 6.18 Å². The molecule has 0 aromatic heterocycles. The highest BCUT2D eigenvalue weighted by Crippen LogP contribution is 2.44. The van der Waals surface area contributed by atoms with E-state index in [9.17, 15) is 23.4 Å². The van der Waals surface area contributed by atoms with Gasteiger partial charge in [0, 0.05) is 6.42 Å². The first kappa shape index (κ1) is 12.0. The normalized spacial score (nSPS) is 18.1. The van der Waals surface area contributed by atoms with Crippen LogP contribution in [-0.2, 0) is 12.6 Å². The molecule has 3 nitrogen and oxygen atoms in total. The van der Waals surface area contributed by atoms with Crippen LogP contribution in [0.4, 0.5) is 13.2 Å². The summed E-state index contributed by atoms with van der Waals surface area (Å²) < 4.78 is 38.0. The lowest BCUT2D eigenvalue weighted by Crippen LogP contribution is -2.16. The molecule has 1 fully saturated rings. The lowest BCUT2D eigenvalue weighted by molar-refractivity contribution is -0.138. The van der Waals surface area contributed by atoms with E-state index in [1.165, 1.54) is 0 Å². The van der Waals surface area contributed by atoms with Crippen molar-refractivity contribution in [2.75, 3.05) is 0 Å². The Bertz CT molecular complexity index is 450. The first-order valence-electron chi connectivity index (χ1n) is 5.06. The van der Waals surface area contributed by atoms with Gasteiger partial charge < -0.3 is 15.3 Å². The molecule has 0 amide bonds. The Hall–Kier alpha value is -1.43. The Morgan fingerprint density at radius 3 is 2.12 bits per heavy atom. The average Bonchev–Trinajstić information content (AvgIpc) is 2.88. The maximum absolute atomic E-state index is 12.7. The molecule has 0 atom stereocenters. The van der Waals surface area contributed by atoms with E-state index in [2.05, 4.69) is 0 Å². The molecule has 17 heavy (non-hydrogen) atoms. The molecule has 0 saturated heterocycles. The quantitative estimate of drug-likeness (QED) is 0.703. The van der Waals surface area contributed by atoms with Crippen molar-refractivity contribution in [1.29, 1.82) is 0 Å². The summed E-state index contributed by atoms with van der Waals surface area (Å²) in [4.78, 5) is 0. The molecule has 1 saturated carbocycles. The summed E-state index contributed by atoms with van der Waals surface area (Å²) in [5.41, 5.74) is -2.32. The second-order valence-electron chi connectivity index (χ2n) is 4.40. The maximum Gasteiger partial charge on any atom is 0.416 e. The van der Waals surface area contributed by atoms with Gasteiger partial charge in [-0.1, -0.05) is 0 Å². The van der Waals surface area contributed by atoms with Gasteiger partial charge in [0.05, 0.1) is 11.2 Å². The van der Waals surface area contributed by atoms with Crippen LogP contribution in [0.5, 0.6) is 11.5 Å². The summed E-state index contributed by atoms with van der Waals surface area (Å²) in [5.74, 6) is -1.43. The largest absolute Gasteiger partial charge is 0.504 e. The molecular weight excluding hydrogens is 237 g/mol. The van der Waals surface area contributed by atoms with E-state index in [1.807, 2.05) is 0 Å². The number of halogens is 3. The summed E-state index contributed by atoms with van der Waals surface area (Å²) in [6.07, 6.45) is -3.89. The summed E-state index contributed by atoms with van der Waals surface area (Å²) in [5, 5.41) is 27.9. The van der Waals surface area contributed by atoms with E-state index < -0.39 is 28.8 Å². The molecule has 1 aromatic carbocycles. The SMILES string of the molecule is Oc1cc(CC2(O)CC2)c(C(F)(F)F)cc1O. The molecular formula is C11H11F3O3. The fraction of sp³-hybridized carbons (Fsp3) is 0.455. The van der Waals surface area contributed by atoms with Crippen LogP contribution in [0.15, 0.2) is 12.1 Å². The molecule has 0 radical (unpaired) electrons. The smallest absolute Gasteiger partial charge is 0.416 e. The molecule has 0 unspecified atom stereocenters.